The summed E-state index contributed by atoms with van der Waals surface area (Å²) in [6.07, 6.45) is 3.28. The van der Waals surface area contributed by atoms with Gasteiger partial charge in [0, 0.05) is 42.0 Å². The summed E-state index contributed by atoms with van der Waals surface area (Å²) in [5.74, 6) is 0. The zero-order chi connectivity index (χ0) is 13.2. The maximum atomic E-state index is 4.37. The number of nitrogens with zero attached hydrogens (tertiary/aromatic N) is 2. The van der Waals surface area contributed by atoms with Crippen molar-refractivity contribution < 1.29 is 0 Å². The molecule has 0 saturated carbocycles. The van der Waals surface area contributed by atoms with Gasteiger partial charge in [-0.2, -0.15) is 5.10 Å². The summed E-state index contributed by atoms with van der Waals surface area (Å²) in [6, 6.07) is 8.73. The molecular formula is C15H19N3S. The van der Waals surface area contributed by atoms with Crippen LogP contribution in [0.3, 0.4) is 0 Å². The van der Waals surface area contributed by atoms with Crippen molar-refractivity contribution in [3.8, 4) is 0 Å². The molecule has 0 fully saturated rings. The molecule has 0 bridgehead atoms. The van der Waals surface area contributed by atoms with Crippen molar-refractivity contribution in [1.82, 2.24) is 15.1 Å². The molecule has 0 aliphatic carbocycles. The number of hydrogen-bond acceptors (Lipinski definition) is 3. The summed E-state index contributed by atoms with van der Waals surface area (Å²) in [4.78, 5) is 1.45. The molecule has 1 aromatic heterocycles. The molecule has 0 amide bonds. The molecule has 0 spiro atoms. The van der Waals surface area contributed by atoms with Gasteiger partial charge in [0.25, 0.3) is 0 Å². The van der Waals surface area contributed by atoms with Crippen molar-refractivity contribution in [2.24, 2.45) is 7.05 Å². The molecular weight excluding hydrogens is 254 g/mol. The van der Waals surface area contributed by atoms with Gasteiger partial charge in [0.2, 0.25) is 0 Å². The Kier molecular flexibility index (Phi) is 3.62. The van der Waals surface area contributed by atoms with Gasteiger partial charge < -0.3 is 5.32 Å². The van der Waals surface area contributed by atoms with Crippen LogP contribution in [-0.2, 0) is 20.0 Å². The van der Waals surface area contributed by atoms with Crippen molar-refractivity contribution in [3.63, 3.8) is 0 Å². The third kappa shape index (κ3) is 2.85. The second kappa shape index (κ2) is 5.39. The number of benzene rings is 1. The number of aromatic nitrogens is 2. The van der Waals surface area contributed by atoms with E-state index in [1.165, 1.54) is 22.4 Å². The smallest absolute Gasteiger partial charge is 0.0638 e. The minimum Gasteiger partial charge on any atom is -0.311 e. The number of rotatable bonds is 4. The zero-order valence-corrected chi connectivity index (χ0v) is 12.2. The fourth-order valence-corrected chi connectivity index (χ4v) is 3.84. The summed E-state index contributed by atoms with van der Waals surface area (Å²) in [7, 11) is 1.97. The second-order valence-corrected chi connectivity index (χ2v) is 6.44. The van der Waals surface area contributed by atoms with E-state index in [1.54, 1.807) is 0 Å². The van der Waals surface area contributed by atoms with Crippen molar-refractivity contribution in [3.05, 3.63) is 47.3 Å². The van der Waals surface area contributed by atoms with Gasteiger partial charge in [-0.25, -0.2) is 0 Å². The minimum atomic E-state index is 0.661. The molecule has 4 heteroatoms. The molecule has 1 aliphatic rings. The Morgan fingerprint density at radius 3 is 3.00 bits per heavy atom. The van der Waals surface area contributed by atoms with Crippen molar-refractivity contribution in [2.45, 2.75) is 30.0 Å². The molecule has 1 N–H and O–H groups in total. The van der Waals surface area contributed by atoms with Crippen LogP contribution in [0.1, 0.15) is 16.8 Å². The molecule has 1 aromatic carbocycles. The standard InChI is InChI=1S/C15H19N3S/c1-11-13(10-18(2)17-11)8-16-9-14-7-12-5-3-4-6-15(12)19-14/h3-6,10,14,16H,7-9H2,1-2H3. The van der Waals surface area contributed by atoms with Crippen LogP contribution in [-0.4, -0.2) is 21.6 Å². The zero-order valence-electron chi connectivity index (χ0n) is 11.4. The summed E-state index contributed by atoms with van der Waals surface area (Å²) in [5.41, 5.74) is 3.91. The first-order chi connectivity index (χ1) is 9.22. The normalized spacial score (nSPS) is 17.7. The summed E-state index contributed by atoms with van der Waals surface area (Å²) in [5, 5.41) is 8.59. The SMILES string of the molecule is Cc1nn(C)cc1CNCC1Cc2ccccc2S1. The van der Waals surface area contributed by atoms with E-state index in [0.717, 1.165) is 18.8 Å². The Balaban J connectivity index is 1.51. The third-order valence-electron chi connectivity index (χ3n) is 3.52. The van der Waals surface area contributed by atoms with Gasteiger partial charge in [-0.1, -0.05) is 18.2 Å². The molecule has 1 unspecified atom stereocenters. The highest BCUT2D eigenvalue weighted by Gasteiger charge is 2.21. The van der Waals surface area contributed by atoms with Crippen LogP contribution in [0.25, 0.3) is 0 Å². The Morgan fingerprint density at radius 1 is 1.42 bits per heavy atom. The third-order valence-corrected chi connectivity index (χ3v) is 4.84. The van der Waals surface area contributed by atoms with E-state index in [0.29, 0.717) is 5.25 Å². The topological polar surface area (TPSA) is 29.9 Å². The lowest BCUT2D eigenvalue weighted by atomic mass is 10.1. The van der Waals surface area contributed by atoms with Crippen LogP contribution in [0.2, 0.25) is 0 Å². The van der Waals surface area contributed by atoms with Crippen LogP contribution in [0.15, 0.2) is 35.4 Å². The number of nitrogens with one attached hydrogen (secondary N) is 1. The van der Waals surface area contributed by atoms with Crippen LogP contribution in [0.4, 0.5) is 0 Å². The Labute approximate surface area is 118 Å². The Morgan fingerprint density at radius 2 is 2.26 bits per heavy atom. The van der Waals surface area contributed by atoms with Crippen molar-refractivity contribution in [1.29, 1.82) is 0 Å². The first-order valence-electron chi connectivity index (χ1n) is 6.67. The molecule has 2 aromatic rings. The molecule has 1 atom stereocenters. The number of fused-ring (bicyclic) bond motifs is 1. The Bertz CT molecular complexity index is 552. The van der Waals surface area contributed by atoms with E-state index in [-0.39, 0.29) is 0 Å². The average Bonchev–Trinajstić information content (AvgIpc) is 2.92. The fourth-order valence-electron chi connectivity index (χ4n) is 2.56. The van der Waals surface area contributed by atoms with Gasteiger partial charge in [-0.15, -0.1) is 11.8 Å². The van der Waals surface area contributed by atoms with Gasteiger partial charge in [-0.05, 0) is 25.0 Å². The van der Waals surface area contributed by atoms with Gasteiger partial charge in [0.05, 0.1) is 5.69 Å². The summed E-state index contributed by atoms with van der Waals surface area (Å²) in [6.45, 7) is 4.03. The number of hydrogen-bond donors (Lipinski definition) is 1. The highest BCUT2D eigenvalue weighted by Crippen LogP contribution is 2.36. The highest BCUT2D eigenvalue weighted by atomic mass is 32.2. The van der Waals surface area contributed by atoms with Crippen LogP contribution >= 0.6 is 11.8 Å². The lowest BCUT2D eigenvalue weighted by Gasteiger charge is -2.09. The second-order valence-electron chi connectivity index (χ2n) is 5.10. The largest absolute Gasteiger partial charge is 0.311 e. The lowest BCUT2D eigenvalue weighted by Crippen LogP contribution is -2.24. The average molecular weight is 273 g/mol. The molecule has 2 heterocycles. The first-order valence-corrected chi connectivity index (χ1v) is 7.55. The number of thioether (sulfide) groups is 1. The number of aryl methyl sites for hydroxylation is 2. The molecule has 19 heavy (non-hydrogen) atoms. The predicted molar refractivity (Wildman–Crippen MR) is 79.4 cm³/mol. The molecule has 3 rings (SSSR count). The molecule has 100 valence electrons. The van der Waals surface area contributed by atoms with Gasteiger partial charge >= 0.3 is 0 Å². The van der Waals surface area contributed by atoms with Crippen LogP contribution < -0.4 is 5.32 Å². The van der Waals surface area contributed by atoms with E-state index < -0.39 is 0 Å². The lowest BCUT2D eigenvalue weighted by molar-refractivity contribution is 0.663. The van der Waals surface area contributed by atoms with E-state index in [1.807, 2.05) is 23.5 Å². The summed E-state index contributed by atoms with van der Waals surface area (Å²) < 4.78 is 1.88. The minimum absolute atomic E-state index is 0.661. The Hall–Kier alpha value is -1.26. The van der Waals surface area contributed by atoms with E-state index in [9.17, 15) is 0 Å². The van der Waals surface area contributed by atoms with E-state index >= 15 is 0 Å². The maximum absolute atomic E-state index is 4.37. The summed E-state index contributed by atoms with van der Waals surface area (Å²) >= 11 is 2.00. The molecule has 0 radical (unpaired) electrons. The van der Waals surface area contributed by atoms with Gasteiger partial charge in [-0.3, -0.25) is 4.68 Å². The molecule has 1 aliphatic heterocycles. The highest BCUT2D eigenvalue weighted by molar-refractivity contribution is 8.00. The quantitative estimate of drug-likeness (QED) is 0.928. The first kappa shape index (κ1) is 12.8. The monoisotopic (exact) mass is 273 g/mol. The van der Waals surface area contributed by atoms with Crippen molar-refractivity contribution >= 4 is 11.8 Å². The van der Waals surface area contributed by atoms with E-state index in [2.05, 4.69) is 47.8 Å². The van der Waals surface area contributed by atoms with Crippen LogP contribution in [0, 0.1) is 6.92 Å². The predicted octanol–water partition coefficient (Wildman–Crippen LogP) is 2.54. The van der Waals surface area contributed by atoms with Gasteiger partial charge in [0.1, 0.15) is 0 Å². The van der Waals surface area contributed by atoms with E-state index in [4.69, 9.17) is 0 Å². The van der Waals surface area contributed by atoms with Gasteiger partial charge in [0.15, 0.2) is 0 Å². The maximum Gasteiger partial charge on any atom is 0.0638 e. The fraction of sp³-hybridized carbons (Fsp3) is 0.400. The van der Waals surface area contributed by atoms with Crippen LogP contribution in [0.5, 0.6) is 0 Å². The van der Waals surface area contributed by atoms with Crippen molar-refractivity contribution in [2.75, 3.05) is 6.54 Å². The molecule has 0 saturated heterocycles. The molecule has 3 nitrogen and oxygen atoms in total.